The summed E-state index contributed by atoms with van der Waals surface area (Å²) in [5.41, 5.74) is 1.59. The second-order valence-corrected chi connectivity index (χ2v) is 9.81. The Labute approximate surface area is 238 Å². The maximum Gasteiger partial charge on any atom is 0.258 e. The highest BCUT2D eigenvalue weighted by Crippen LogP contribution is 2.32. The molecule has 0 aliphatic heterocycles. The van der Waals surface area contributed by atoms with Crippen molar-refractivity contribution >= 4 is 28.9 Å². The highest BCUT2D eigenvalue weighted by Gasteiger charge is 2.18. The van der Waals surface area contributed by atoms with Crippen LogP contribution in [-0.2, 0) is 6.42 Å². The van der Waals surface area contributed by atoms with E-state index < -0.39 is 11.7 Å². The fourth-order valence-corrected chi connectivity index (χ4v) is 4.17. The van der Waals surface area contributed by atoms with Crippen molar-refractivity contribution in [2.45, 2.75) is 19.8 Å². The number of aromatic nitrogens is 4. The standard InChI is InChI=1S/C29H31ClFN7O2/c1-5-26-33-18-34-27(36-26)21-8-6-13-32-29(21)40-20-10-11-23(31)22(17-20)28(39)35-24-16-19(30)9-12-25(24)38(4)15-7-14-37(2)3/h6,8-13,16-18H,5,7,14-15H2,1-4H3,(H,35,39). The van der Waals surface area contributed by atoms with Gasteiger partial charge in [0.25, 0.3) is 5.91 Å². The summed E-state index contributed by atoms with van der Waals surface area (Å²) in [6, 6.07) is 12.7. The summed E-state index contributed by atoms with van der Waals surface area (Å²) >= 11 is 6.24. The Morgan fingerprint density at radius 2 is 1.88 bits per heavy atom. The summed E-state index contributed by atoms with van der Waals surface area (Å²) in [5, 5.41) is 3.27. The van der Waals surface area contributed by atoms with Crippen LogP contribution in [0.3, 0.4) is 0 Å². The third-order valence-electron chi connectivity index (χ3n) is 6.06. The maximum absolute atomic E-state index is 14.9. The SMILES string of the molecule is CCc1ncnc(-c2cccnc2Oc2ccc(F)c(C(=O)Nc3cc(Cl)ccc3N(C)CCCN(C)C)c2)n1. The third kappa shape index (κ3) is 7.28. The normalized spacial score (nSPS) is 11.0. The number of hydrogen-bond acceptors (Lipinski definition) is 8. The average Bonchev–Trinajstić information content (AvgIpc) is 2.94. The highest BCUT2D eigenvalue weighted by atomic mass is 35.5. The van der Waals surface area contributed by atoms with Gasteiger partial charge in [0.05, 0.1) is 22.5 Å². The summed E-state index contributed by atoms with van der Waals surface area (Å²) in [5.74, 6) is 0.134. The number of carbonyl (C=O) groups is 1. The summed E-state index contributed by atoms with van der Waals surface area (Å²) in [6.07, 6.45) is 4.56. The summed E-state index contributed by atoms with van der Waals surface area (Å²) in [6.45, 7) is 3.62. The van der Waals surface area contributed by atoms with Crippen LogP contribution in [0.15, 0.2) is 61.1 Å². The van der Waals surface area contributed by atoms with Gasteiger partial charge in [-0.15, -0.1) is 0 Å². The molecule has 4 aromatic rings. The Kier molecular flexibility index (Phi) is 9.57. The number of ether oxygens (including phenoxy) is 1. The predicted octanol–water partition coefficient (Wildman–Crippen LogP) is 5.72. The second-order valence-electron chi connectivity index (χ2n) is 9.37. The lowest BCUT2D eigenvalue weighted by Crippen LogP contribution is -2.25. The molecule has 0 radical (unpaired) electrons. The molecule has 0 unspecified atom stereocenters. The number of nitrogens with zero attached hydrogens (tertiary/aromatic N) is 6. The van der Waals surface area contributed by atoms with Crippen LogP contribution in [0.4, 0.5) is 15.8 Å². The number of anilines is 2. The smallest absolute Gasteiger partial charge is 0.258 e. The number of aryl methyl sites for hydroxylation is 1. The van der Waals surface area contributed by atoms with Crippen molar-refractivity contribution in [2.75, 3.05) is 44.4 Å². The van der Waals surface area contributed by atoms with E-state index in [-0.39, 0.29) is 17.2 Å². The second kappa shape index (κ2) is 13.3. The maximum atomic E-state index is 14.9. The van der Waals surface area contributed by atoms with Crippen LogP contribution in [0, 0.1) is 5.82 Å². The van der Waals surface area contributed by atoms with Crippen molar-refractivity contribution in [2.24, 2.45) is 0 Å². The van der Waals surface area contributed by atoms with Crippen LogP contribution in [0.2, 0.25) is 5.02 Å². The fourth-order valence-electron chi connectivity index (χ4n) is 4.00. The van der Waals surface area contributed by atoms with E-state index in [1.54, 1.807) is 30.5 Å². The number of amides is 1. The van der Waals surface area contributed by atoms with Crippen LogP contribution >= 0.6 is 11.6 Å². The molecule has 0 bridgehead atoms. The van der Waals surface area contributed by atoms with Crippen molar-refractivity contribution in [1.82, 2.24) is 24.8 Å². The van der Waals surface area contributed by atoms with Gasteiger partial charge >= 0.3 is 0 Å². The molecule has 2 heterocycles. The number of rotatable bonds is 11. The zero-order valence-corrected chi connectivity index (χ0v) is 23.6. The molecule has 0 fully saturated rings. The fraction of sp³-hybridized carbons (Fsp3) is 0.276. The Bertz CT molecular complexity index is 1480. The first-order valence-electron chi connectivity index (χ1n) is 12.8. The summed E-state index contributed by atoms with van der Waals surface area (Å²) in [4.78, 5) is 34.5. The van der Waals surface area contributed by atoms with Gasteiger partial charge < -0.3 is 19.9 Å². The molecule has 0 saturated heterocycles. The monoisotopic (exact) mass is 563 g/mol. The molecule has 0 atom stereocenters. The van der Waals surface area contributed by atoms with Crippen LogP contribution in [-0.4, -0.2) is 65.0 Å². The number of hydrogen-bond donors (Lipinski definition) is 1. The molecule has 2 aromatic carbocycles. The molecule has 0 aliphatic carbocycles. The van der Waals surface area contributed by atoms with Gasteiger partial charge in [0.1, 0.15) is 23.7 Å². The molecule has 1 amide bonds. The van der Waals surface area contributed by atoms with E-state index in [0.29, 0.717) is 34.3 Å². The van der Waals surface area contributed by atoms with Gasteiger partial charge in [-0.2, -0.15) is 0 Å². The zero-order chi connectivity index (χ0) is 28.6. The van der Waals surface area contributed by atoms with Gasteiger partial charge in [0.15, 0.2) is 5.82 Å². The van der Waals surface area contributed by atoms with Gasteiger partial charge in [-0.05, 0) is 75.6 Å². The van der Waals surface area contributed by atoms with Crippen LogP contribution in [0.5, 0.6) is 11.6 Å². The predicted molar refractivity (Wildman–Crippen MR) is 155 cm³/mol. The van der Waals surface area contributed by atoms with Crippen LogP contribution < -0.4 is 15.0 Å². The lowest BCUT2D eigenvalue weighted by molar-refractivity contribution is 0.102. The van der Waals surface area contributed by atoms with Crippen molar-refractivity contribution in [3.05, 3.63) is 83.3 Å². The number of nitrogens with one attached hydrogen (secondary N) is 1. The quantitative estimate of drug-likeness (QED) is 0.247. The van der Waals surface area contributed by atoms with E-state index in [1.807, 2.05) is 39.0 Å². The van der Waals surface area contributed by atoms with Gasteiger partial charge in [0.2, 0.25) is 5.88 Å². The molecule has 0 aliphatic rings. The largest absolute Gasteiger partial charge is 0.438 e. The Morgan fingerprint density at radius 1 is 1.05 bits per heavy atom. The van der Waals surface area contributed by atoms with E-state index in [1.165, 1.54) is 24.5 Å². The minimum absolute atomic E-state index is 0.190. The minimum atomic E-state index is -0.695. The third-order valence-corrected chi connectivity index (χ3v) is 6.30. The summed E-state index contributed by atoms with van der Waals surface area (Å²) < 4.78 is 20.9. The van der Waals surface area contributed by atoms with Gasteiger partial charge in [-0.25, -0.2) is 24.3 Å². The van der Waals surface area contributed by atoms with E-state index >= 15 is 0 Å². The molecule has 0 saturated carbocycles. The Hall–Kier alpha value is -4.15. The molecule has 11 heteroatoms. The zero-order valence-electron chi connectivity index (χ0n) is 22.9. The van der Waals surface area contributed by atoms with E-state index in [9.17, 15) is 9.18 Å². The van der Waals surface area contributed by atoms with Gasteiger partial charge in [0, 0.05) is 31.2 Å². The molecular formula is C29H31ClFN7O2. The lowest BCUT2D eigenvalue weighted by Gasteiger charge is -2.24. The molecule has 2 aromatic heterocycles. The first-order chi connectivity index (χ1) is 19.2. The van der Waals surface area contributed by atoms with E-state index in [0.717, 1.165) is 25.2 Å². The lowest BCUT2D eigenvalue weighted by atomic mass is 10.1. The van der Waals surface area contributed by atoms with Gasteiger partial charge in [-0.1, -0.05) is 18.5 Å². The van der Waals surface area contributed by atoms with Crippen LogP contribution in [0.1, 0.15) is 29.5 Å². The molecule has 4 rings (SSSR count). The van der Waals surface area contributed by atoms with Gasteiger partial charge in [-0.3, -0.25) is 4.79 Å². The van der Waals surface area contributed by atoms with Crippen molar-refractivity contribution in [1.29, 1.82) is 0 Å². The first kappa shape index (κ1) is 28.8. The number of halogens is 2. The molecule has 40 heavy (non-hydrogen) atoms. The molecule has 9 nitrogen and oxygen atoms in total. The highest BCUT2D eigenvalue weighted by molar-refractivity contribution is 6.31. The van der Waals surface area contributed by atoms with E-state index in [4.69, 9.17) is 16.3 Å². The summed E-state index contributed by atoms with van der Waals surface area (Å²) in [7, 11) is 5.97. The average molecular weight is 564 g/mol. The number of pyridine rings is 1. The van der Waals surface area contributed by atoms with Crippen molar-refractivity contribution in [3.8, 4) is 23.0 Å². The van der Waals surface area contributed by atoms with Crippen molar-refractivity contribution in [3.63, 3.8) is 0 Å². The molecule has 0 spiro atoms. The number of carbonyl (C=O) groups excluding carboxylic acids is 1. The van der Waals surface area contributed by atoms with E-state index in [2.05, 4.69) is 30.2 Å². The first-order valence-corrected chi connectivity index (χ1v) is 13.2. The Morgan fingerprint density at radius 3 is 2.65 bits per heavy atom. The number of benzene rings is 2. The molecule has 1 N–H and O–H groups in total. The minimum Gasteiger partial charge on any atom is -0.438 e. The van der Waals surface area contributed by atoms with Crippen molar-refractivity contribution < 1.29 is 13.9 Å². The topological polar surface area (TPSA) is 96.4 Å². The molecular weight excluding hydrogens is 533 g/mol. The van der Waals surface area contributed by atoms with Crippen LogP contribution in [0.25, 0.3) is 11.4 Å². The Balaban J connectivity index is 1.57. The molecule has 208 valence electrons.